The Morgan fingerprint density at radius 1 is 1.06 bits per heavy atom. The van der Waals surface area contributed by atoms with Gasteiger partial charge in [0.25, 0.3) is 5.91 Å². The number of aryl methyl sites for hydroxylation is 1. The van der Waals surface area contributed by atoms with E-state index in [1.165, 1.54) is 0 Å². The van der Waals surface area contributed by atoms with E-state index in [4.69, 9.17) is 5.73 Å². The Labute approximate surface area is 178 Å². The molecule has 3 heterocycles. The van der Waals surface area contributed by atoms with Crippen molar-refractivity contribution in [3.05, 3.63) is 59.8 Å². The van der Waals surface area contributed by atoms with E-state index in [1.54, 1.807) is 21.8 Å². The van der Waals surface area contributed by atoms with Crippen molar-refractivity contribution in [2.24, 2.45) is 7.05 Å². The number of nitrogens with zero attached hydrogens (tertiary/aromatic N) is 3. The molecule has 0 radical (unpaired) electrons. The molecule has 2 aliphatic heterocycles. The van der Waals surface area contributed by atoms with E-state index in [9.17, 15) is 14.4 Å². The lowest BCUT2D eigenvalue weighted by Crippen LogP contribution is -2.52. The summed E-state index contributed by atoms with van der Waals surface area (Å²) >= 11 is 0. The third kappa shape index (κ3) is 3.07. The molecule has 31 heavy (non-hydrogen) atoms. The van der Waals surface area contributed by atoms with Gasteiger partial charge in [0.1, 0.15) is 6.04 Å². The quantitative estimate of drug-likeness (QED) is 0.503. The van der Waals surface area contributed by atoms with Crippen molar-refractivity contribution in [2.75, 3.05) is 5.73 Å². The lowest BCUT2D eigenvalue weighted by Gasteiger charge is -2.29. The summed E-state index contributed by atoms with van der Waals surface area (Å²) in [5, 5.41) is 6.75. The van der Waals surface area contributed by atoms with Crippen LogP contribution in [0.25, 0.3) is 22.4 Å². The number of rotatable bonds is 3. The molecule has 8 heteroatoms. The molecule has 1 unspecified atom stereocenters. The average Bonchev–Trinajstić information content (AvgIpc) is 3.28. The van der Waals surface area contributed by atoms with E-state index in [0.29, 0.717) is 24.2 Å². The van der Waals surface area contributed by atoms with Crippen LogP contribution in [0, 0.1) is 0 Å². The summed E-state index contributed by atoms with van der Waals surface area (Å²) in [6.45, 7) is 0.331. The molecular formula is C23H21N5O3. The number of benzene rings is 2. The van der Waals surface area contributed by atoms with Crippen LogP contribution in [0.15, 0.2) is 48.7 Å². The summed E-state index contributed by atoms with van der Waals surface area (Å²) in [6, 6.07) is 12.7. The number of aromatic nitrogens is 2. The topological polar surface area (TPSA) is 110 Å². The van der Waals surface area contributed by atoms with Gasteiger partial charge in [-0.05, 0) is 35.7 Å². The first-order valence-corrected chi connectivity index (χ1v) is 10.1. The number of fused-ring (bicyclic) bond motifs is 1. The van der Waals surface area contributed by atoms with Crippen molar-refractivity contribution in [3.8, 4) is 22.4 Å². The average molecular weight is 415 g/mol. The first kappa shape index (κ1) is 19.0. The molecule has 3 N–H and O–H groups in total. The first-order valence-electron chi connectivity index (χ1n) is 10.1. The lowest BCUT2D eigenvalue weighted by molar-refractivity contribution is -0.136. The number of carbonyl (C=O) groups is 3. The number of piperidine rings is 1. The highest BCUT2D eigenvalue weighted by Gasteiger charge is 2.39. The normalized spacial score (nSPS) is 18.3. The van der Waals surface area contributed by atoms with Gasteiger partial charge >= 0.3 is 0 Å². The Bertz CT molecular complexity index is 1250. The second kappa shape index (κ2) is 7.09. The van der Waals surface area contributed by atoms with Crippen molar-refractivity contribution in [2.45, 2.75) is 25.4 Å². The Morgan fingerprint density at radius 2 is 1.87 bits per heavy atom. The summed E-state index contributed by atoms with van der Waals surface area (Å²) in [4.78, 5) is 38.2. The summed E-state index contributed by atoms with van der Waals surface area (Å²) in [5.41, 5.74) is 11.9. The molecular weight excluding hydrogens is 394 g/mol. The molecule has 5 rings (SSSR count). The lowest BCUT2D eigenvalue weighted by atomic mass is 9.97. The standard InChI is InChI=1S/C23H21N5O3/c1-27-21(16-4-2-3-5-18(16)24)17(11-25-27)13-6-7-15-14(10-13)12-28(23(15)31)19-8-9-20(29)26-22(19)30/h2-7,10-11,19H,8-9,12,24H2,1H3,(H,26,29,30). The number of carbonyl (C=O) groups excluding carboxylic acids is 3. The monoisotopic (exact) mass is 415 g/mol. The van der Waals surface area contributed by atoms with Crippen LogP contribution >= 0.6 is 0 Å². The molecule has 0 bridgehead atoms. The van der Waals surface area contributed by atoms with Crippen molar-refractivity contribution >= 4 is 23.4 Å². The molecule has 1 atom stereocenters. The maximum absolute atomic E-state index is 12.9. The van der Waals surface area contributed by atoms with Gasteiger partial charge in [0.15, 0.2) is 0 Å². The molecule has 0 spiro atoms. The number of amides is 3. The minimum atomic E-state index is -0.626. The van der Waals surface area contributed by atoms with Gasteiger partial charge in [-0.25, -0.2) is 0 Å². The Hall–Kier alpha value is -3.94. The molecule has 8 nitrogen and oxygen atoms in total. The van der Waals surface area contributed by atoms with Crippen LogP contribution in [-0.4, -0.2) is 38.4 Å². The number of hydrogen-bond acceptors (Lipinski definition) is 5. The van der Waals surface area contributed by atoms with Gasteiger partial charge in [0, 0.05) is 42.4 Å². The highest BCUT2D eigenvalue weighted by Crippen LogP contribution is 2.37. The van der Waals surface area contributed by atoms with E-state index in [1.807, 2.05) is 43.4 Å². The number of hydrogen-bond donors (Lipinski definition) is 2. The van der Waals surface area contributed by atoms with Crippen molar-refractivity contribution in [1.29, 1.82) is 0 Å². The molecule has 2 aliphatic rings. The van der Waals surface area contributed by atoms with Gasteiger partial charge in [-0.2, -0.15) is 5.10 Å². The van der Waals surface area contributed by atoms with E-state index in [2.05, 4.69) is 10.4 Å². The summed E-state index contributed by atoms with van der Waals surface area (Å²) in [7, 11) is 1.87. The zero-order valence-electron chi connectivity index (χ0n) is 17.0. The number of nitrogens with two attached hydrogens (primary N) is 1. The molecule has 156 valence electrons. The van der Waals surface area contributed by atoms with Crippen LogP contribution in [0.3, 0.4) is 0 Å². The molecule has 0 aliphatic carbocycles. The fourth-order valence-electron chi connectivity index (χ4n) is 4.42. The predicted octanol–water partition coefficient (Wildman–Crippen LogP) is 2.10. The molecule has 1 saturated heterocycles. The number of nitrogens with one attached hydrogen (secondary N) is 1. The number of nitrogen functional groups attached to an aromatic ring is 1. The maximum Gasteiger partial charge on any atom is 0.255 e. The van der Waals surface area contributed by atoms with Gasteiger partial charge in [0.05, 0.1) is 11.9 Å². The molecule has 2 aromatic carbocycles. The van der Waals surface area contributed by atoms with Gasteiger partial charge in [-0.3, -0.25) is 24.4 Å². The molecule has 3 amide bonds. The highest BCUT2D eigenvalue weighted by atomic mass is 16.2. The summed E-state index contributed by atoms with van der Waals surface area (Å²) < 4.78 is 1.79. The van der Waals surface area contributed by atoms with E-state index in [-0.39, 0.29) is 18.2 Å². The minimum absolute atomic E-state index is 0.185. The number of para-hydroxylation sites is 1. The van der Waals surface area contributed by atoms with Crippen LogP contribution < -0.4 is 11.1 Å². The van der Waals surface area contributed by atoms with E-state index in [0.717, 1.165) is 27.9 Å². The van der Waals surface area contributed by atoms with Crippen LogP contribution in [0.4, 0.5) is 5.69 Å². The third-order valence-corrected chi connectivity index (χ3v) is 5.99. The fraction of sp³-hybridized carbons (Fsp3) is 0.217. The van der Waals surface area contributed by atoms with Gasteiger partial charge in [-0.1, -0.05) is 24.3 Å². The number of anilines is 1. The summed E-state index contributed by atoms with van der Waals surface area (Å²) in [5.74, 6) is -0.890. The van der Waals surface area contributed by atoms with E-state index >= 15 is 0 Å². The second-order valence-electron chi connectivity index (χ2n) is 7.89. The third-order valence-electron chi connectivity index (χ3n) is 5.99. The SMILES string of the molecule is Cn1ncc(-c2ccc3c(c2)CN(C2CCC(=O)NC2=O)C3=O)c1-c1ccccc1N. The Kier molecular flexibility index (Phi) is 4.35. The van der Waals surface area contributed by atoms with Gasteiger partial charge in [0.2, 0.25) is 11.8 Å². The Balaban J connectivity index is 1.51. The van der Waals surface area contributed by atoms with Crippen LogP contribution in [0.5, 0.6) is 0 Å². The minimum Gasteiger partial charge on any atom is -0.398 e. The number of imide groups is 1. The van der Waals surface area contributed by atoms with Crippen LogP contribution in [0.1, 0.15) is 28.8 Å². The predicted molar refractivity (Wildman–Crippen MR) is 115 cm³/mol. The smallest absolute Gasteiger partial charge is 0.255 e. The second-order valence-corrected chi connectivity index (χ2v) is 7.89. The molecule has 3 aromatic rings. The maximum atomic E-state index is 12.9. The zero-order chi connectivity index (χ0) is 21.7. The van der Waals surface area contributed by atoms with Crippen molar-refractivity contribution < 1.29 is 14.4 Å². The molecule has 1 fully saturated rings. The summed E-state index contributed by atoms with van der Waals surface area (Å²) in [6.07, 6.45) is 2.37. The molecule has 1 aromatic heterocycles. The van der Waals surface area contributed by atoms with E-state index < -0.39 is 11.9 Å². The highest BCUT2D eigenvalue weighted by molar-refractivity contribution is 6.05. The first-order chi connectivity index (χ1) is 14.9. The van der Waals surface area contributed by atoms with Gasteiger partial charge < -0.3 is 10.6 Å². The van der Waals surface area contributed by atoms with Gasteiger partial charge in [-0.15, -0.1) is 0 Å². The van der Waals surface area contributed by atoms with Crippen LogP contribution in [-0.2, 0) is 23.2 Å². The van der Waals surface area contributed by atoms with Crippen LogP contribution in [0.2, 0.25) is 0 Å². The fourth-order valence-corrected chi connectivity index (χ4v) is 4.42. The Morgan fingerprint density at radius 3 is 2.65 bits per heavy atom. The largest absolute Gasteiger partial charge is 0.398 e. The molecule has 0 saturated carbocycles. The zero-order valence-corrected chi connectivity index (χ0v) is 17.0. The van der Waals surface area contributed by atoms with Crippen molar-refractivity contribution in [1.82, 2.24) is 20.0 Å². The van der Waals surface area contributed by atoms with Crippen molar-refractivity contribution in [3.63, 3.8) is 0 Å².